The molecule has 2 heterocycles. The van der Waals surface area contributed by atoms with Crippen LogP contribution >= 0.6 is 11.3 Å². The molecule has 2 aromatic heterocycles. The highest BCUT2D eigenvalue weighted by atomic mass is 32.1. The molecule has 2 aliphatic rings. The van der Waals surface area contributed by atoms with Crippen LogP contribution in [-0.4, -0.2) is 15.0 Å². The number of aromatic nitrogens is 3. The molecule has 0 bridgehead atoms. The van der Waals surface area contributed by atoms with Crippen LogP contribution in [0.15, 0.2) is 212 Å². The lowest BCUT2D eigenvalue weighted by molar-refractivity contribution is 0.794. The molecule has 0 amide bonds. The van der Waals surface area contributed by atoms with Crippen LogP contribution in [0.4, 0.5) is 0 Å². The molecule has 4 heteroatoms. The molecule has 288 valence electrons. The second-order valence-electron chi connectivity index (χ2n) is 16.2. The summed E-state index contributed by atoms with van der Waals surface area (Å²) in [6.45, 7) is 0. The van der Waals surface area contributed by atoms with Crippen molar-refractivity contribution in [3.63, 3.8) is 0 Å². The minimum atomic E-state index is -0.386. The maximum atomic E-state index is 5.28. The molecular formula is C58H35N3S. The van der Waals surface area contributed by atoms with Crippen molar-refractivity contribution < 1.29 is 0 Å². The summed E-state index contributed by atoms with van der Waals surface area (Å²) in [5.41, 5.74) is 17.7. The molecule has 0 N–H and O–H groups in total. The fourth-order valence-corrected chi connectivity index (χ4v) is 11.6. The topological polar surface area (TPSA) is 38.7 Å². The highest BCUT2D eigenvalue weighted by Gasteiger charge is 2.51. The van der Waals surface area contributed by atoms with Crippen molar-refractivity contribution in [2.24, 2.45) is 0 Å². The van der Waals surface area contributed by atoms with Crippen molar-refractivity contribution in [1.29, 1.82) is 0 Å². The van der Waals surface area contributed by atoms with Gasteiger partial charge in [0, 0.05) is 36.9 Å². The number of fused-ring (bicyclic) bond motifs is 13. The highest BCUT2D eigenvalue weighted by molar-refractivity contribution is 7.25. The van der Waals surface area contributed by atoms with Crippen LogP contribution in [-0.2, 0) is 5.41 Å². The van der Waals surface area contributed by atoms with E-state index in [4.69, 9.17) is 15.0 Å². The standard InChI is InChI=1S/C58H35N3S/c1-2-16-37(17-3-1)55-59-56(61-57(60-55)44-21-5-4-18-40(44)43-25-15-31-52-54(43)46-23-9-13-30-51(46)62-52)38-34-32-36(33-35-38)39-24-14-29-50-53(39)45-22-8-12-28-49(45)58(50)47-26-10-6-19-41(47)42-20-7-11-27-48(42)58/h1-35H. The van der Waals surface area contributed by atoms with E-state index < -0.39 is 0 Å². The Hall–Kier alpha value is -7.79. The normalized spacial score (nSPS) is 13.0. The summed E-state index contributed by atoms with van der Waals surface area (Å²) in [5.74, 6) is 1.92. The molecular weight excluding hydrogens is 771 g/mol. The molecule has 3 nitrogen and oxygen atoms in total. The Bertz CT molecular complexity index is 3540. The fourth-order valence-electron chi connectivity index (χ4n) is 10.4. The van der Waals surface area contributed by atoms with Crippen LogP contribution in [0.25, 0.3) is 98.8 Å². The van der Waals surface area contributed by atoms with Gasteiger partial charge < -0.3 is 0 Å². The smallest absolute Gasteiger partial charge is 0.164 e. The van der Waals surface area contributed by atoms with E-state index in [1.54, 1.807) is 0 Å². The van der Waals surface area contributed by atoms with Crippen molar-refractivity contribution in [2.75, 3.05) is 0 Å². The number of thiophene rings is 1. The molecule has 9 aromatic carbocycles. The zero-order chi connectivity index (χ0) is 40.8. The SMILES string of the molecule is c1ccc(-c2nc(-c3ccc(-c4cccc5c4-c4ccccc4C54c5ccccc5-c5ccccc54)cc3)nc(-c3ccccc3-c3cccc4sc5ccccc5c34)n2)cc1. The van der Waals surface area contributed by atoms with E-state index in [9.17, 15) is 0 Å². The summed E-state index contributed by atoms with van der Waals surface area (Å²) in [4.78, 5) is 15.6. The van der Waals surface area contributed by atoms with E-state index in [1.807, 2.05) is 29.5 Å². The van der Waals surface area contributed by atoms with Crippen LogP contribution in [0.5, 0.6) is 0 Å². The molecule has 0 unspecified atom stereocenters. The van der Waals surface area contributed by atoms with Gasteiger partial charge in [-0.15, -0.1) is 11.3 Å². The first-order valence-corrected chi connectivity index (χ1v) is 21.9. The van der Waals surface area contributed by atoms with Gasteiger partial charge in [-0.1, -0.05) is 200 Å². The van der Waals surface area contributed by atoms with Gasteiger partial charge in [0.2, 0.25) is 0 Å². The van der Waals surface area contributed by atoms with Crippen molar-refractivity contribution in [1.82, 2.24) is 15.0 Å². The number of rotatable bonds is 5. The Morgan fingerprint density at radius 2 is 0.758 bits per heavy atom. The third kappa shape index (κ3) is 5.02. The van der Waals surface area contributed by atoms with Gasteiger partial charge in [-0.2, -0.15) is 0 Å². The molecule has 13 rings (SSSR count). The van der Waals surface area contributed by atoms with Gasteiger partial charge in [0.1, 0.15) is 0 Å². The first kappa shape index (κ1) is 35.0. The second kappa shape index (κ2) is 13.6. The average molecular weight is 806 g/mol. The molecule has 62 heavy (non-hydrogen) atoms. The molecule has 0 fully saturated rings. The fraction of sp³-hybridized carbons (Fsp3) is 0.0172. The van der Waals surface area contributed by atoms with Crippen molar-refractivity contribution in [3.8, 4) is 78.7 Å². The lowest BCUT2D eigenvalue weighted by Gasteiger charge is -2.30. The van der Waals surface area contributed by atoms with E-state index in [2.05, 4.69) is 194 Å². The van der Waals surface area contributed by atoms with Crippen molar-refractivity contribution in [3.05, 3.63) is 235 Å². The molecule has 11 aromatic rings. The number of nitrogens with zero attached hydrogens (tertiary/aromatic N) is 3. The molecule has 1 spiro atoms. The second-order valence-corrected chi connectivity index (χ2v) is 17.3. The molecule has 2 aliphatic carbocycles. The summed E-state index contributed by atoms with van der Waals surface area (Å²) in [5, 5.41) is 2.52. The van der Waals surface area contributed by atoms with Crippen LogP contribution in [0.1, 0.15) is 22.3 Å². The summed E-state index contributed by atoms with van der Waals surface area (Å²) in [7, 11) is 0. The first-order valence-electron chi connectivity index (χ1n) is 21.1. The molecule has 0 radical (unpaired) electrons. The van der Waals surface area contributed by atoms with Gasteiger partial charge in [-0.25, -0.2) is 15.0 Å². The van der Waals surface area contributed by atoms with Gasteiger partial charge in [0.25, 0.3) is 0 Å². The van der Waals surface area contributed by atoms with Gasteiger partial charge >= 0.3 is 0 Å². The van der Waals surface area contributed by atoms with Crippen molar-refractivity contribution >= 4 is 31.5 Å². The lowest BCUT2D eigenvalue weighted by atomic mass is 9.70. The molecule has 0 aliphatic heterocycles. The van der Waals surface area contributed by atoms with E-state index in [0.717, 1.165) is 27.8 Å². The monoisotopic (exact) mass is 805 g/mol. The number of hydrogen-bond donors (Lipinski definition) is 0. The predicted octanol–water partition coefficient (Wildman–Crippen LogP) is 14.9. The Labute approximate surface area is 363 Å². The third-order valence-corrected chi connectivity index (χ3v) is 14.1. The van der Waals surface area contributed by atoms with Crippen LogP contribution in [0, 0.1) is 0 Å². The van der Waals surface area contributed by atoms with Crippen molar-refractivity contribution in [2.45, 2.75) is 5.41 Å². The average Bonchev–Trinajstić information content (AvgIpc) is 3.99. The zero-order valence-electron chi connectivity index (χ0n) is 33.5. The Balaban J connectivity index is 0.961. The predicted molar refractivity (Wildman–Crippen MR) is 256 cm³/mol. The summed E-state index contributed by atoms with van der Waals surface area (Å²) >= 11 is 1.83. The highest BCUT2D eigenvalue weighted by Crippen LogP contribution is 2.64. The molecule has 0 saturated carbocycles. The maximum Gasteiger partial charge on any atom is 0.164 e. The lowest BCUT2D eigenvalue weighted by Crippen LogP contribution is -2.25. The van der Waals surface area contributed by atoms with Gasteiger partial charge in [0.15, 0.2) is 17.5 Å². The van der Waals surface area contributed by atoms with Crippen LogP contribution in [0.3, 0.4) is 0 Å². The third-order valence-electron chi connectivity index (χ3n) is 13.0. The zero-order valence-corrected chi connectivity index (χ0v) is 34.3. The van der Waals surface area contributed by atoms with Crippen LogP contribution < -0.4 is 0 Å². The maximum absolute atomic E-state index is 5.28. The van der Waals surface area contributed by atoms with E-state index in [-0.39, 0.29) is 5.41 Å². The summed E-state index contributed by atoms with van der Waals surface area (Å²) in [6.07, 6.45) is 0. The first-order chi connectivity index (χ1) is 30.8. The largest absolute Gasteiger partial charge is 0.208 e. The molecule has 0 atom stereocenters. The van der Waals surface area contributed by atoms with E-state index >= 15 is 0 Å². The number of benzene rings is 9. The Morgan fingerprint density at radius 3 is 1.48 bits per heavy atom. The molecule has 0 saturated heterocycles. The van der Waals surface area contributed by atoms with Gasteiger partial charge in [-0.05, 0) is 78.9 Å². The minimum Gasteiger partial charge on any atom is -0.208 e. The summed E-state index contributed by atoms with van der Waals surface area (Å²) < 4.78 is 2.54. The Kier molecular flexibility index (Phi) is 7.69. The van der Waals surface area contributed by atoms with Crippen LogP contribution in [0.2, 0.25) is 0 Å². The minimum absolute atomic E-state index is 0.386. The Morgan fingerprint density at radius 1 is 0.290 bits per heavy atom. The van der Waals surface area contributed by atoms with Gasteiger partial charge in [0.05, 0.1) is 5.41 Å². The quantitative estimate of drug-likeness (QED) is 0.174. The van der Waals surface area contributed by atoms with Gasteiger partial charge in [-0.3, -0.25) is 0 Å². The number of hydrogen-bond acceptors (Lipinski definition) is 4. The van der Waals surface area contributed by atoms with E-state index in [1.165, 1.54) is 75.8 Å². The summed E-state index contributed by atoms with van der Waals surface area (Å²) in [6, 6.07) is 76.7. The van der Waals surface area contributed by atoms with E-state index in [0.29, 0.717) is 17.5 Å².